The fourth-order valence-electron chi connectivity index (χ4n) is 3.41. The molecule has 2 atom stereocenters. The number of thiazole rings is 1. The van der Waals surface area contributed by atoms with Gasteiger partial charge in [0.2, 0.25) is 5.91 Å². The first-order valence-electron chi connectivity index (χ1n) is 8.60. The zero-order chi connectivity index (χ0) is 17.2. The number of rotatable bonds is 4. The molecular formula is C18H21N5OS. The Morgan fingerprint density at radius 3 is 3.08 bits per heavy atom. The molecule has 7 heteroatoms. The molecule has 0 spiro atoms. The number of nitrogens with one attached hydrogen (secondary N) is 2. The zero-order valence-electron chi connectivity index (χ0n) is 14.1. The molecule has 3 heterocycles. The molecule has 2 N–H and O–H groups in total. The highest BCUT2D eigenvalue weighted by Gasteiger charge is 2.29. The SMILES string of the molecule is CC(C(=O)Nc1nc2ccccc2s1)N1CCCC(c2ccn[nH]2)C1. The van der Waals surface area contributed by atoms with Crippen LogP contribution in [0.25, 0.3) is 10.2 Å². The van der Waals surface area contributed by atoms with Gasteiger partial charge in [0.05, 0.1) is 16.3 Å². The molecule has 130 valence electrons. The Morgan fingerprint density at radius 2 is 2.28 bits per heavy atom. The molecule has 0 saturated carbocycles. The average Bonchev–Trinajstić information content (AvgIpc) is 3.30. The van der Waals surface area contributed by atoms with Crippen LogP contribution >= 0.6 is 11.3 Å². The van der Waals surface area contributed by atoms with Gasteiger partial charge in [0.25, 0.3) is 0 Å². The second-order valence-electron chi connectivity index (χ2n) is 6.50. The molecule has 1 fully saturated rings. The highest BCUT2D eigenvalue weighted by molar-refractivity contribution is 7.22. The van der Waals surface area contributed by atoms with Crippen molar-refractivity contribution in [3.63, 3.8) is 0 Å². The Bertz CT molecular complexity index is 826. The number of benzene rings is 1. The lowest BCUT2D eigenvalue weighted by Crippen LogP contribution is -2.46. The van der Waals surface area contributed by atoms with Gasteiger partial charge in [-0.2, -0.15) is 5.10 Å². The highest BCUT2D eigenvalue weighted by atomic mass is 32.1. The summed E-state index contributed by atoms with van der Waals surface area (Å²) in [5.41, 5.74) is 2.08. The van der Waals surface area contributed by atoms with Crippen molar-refractivity contribution in [1.29, 1.82) is 0 Å². The van der Waals surface area contributed by atoms with Gasteiger partial charge >= 0.3 is 0 Å². The number of hydrogen-bond acceptors (Lipinski definition) is 5. The van der Waals surface area contributed by atoms with Crippen molar-refractivity contribution >= 4 is 32.6 Å². The first-order valence-corrected chi connectivity index (χ1v) is 9.42. The van der Waals surface area contributed by atoms with Crippen LogP contribution in [-0.2, 0) is 4.79 Å². The van der Waals surface area contributed by atoms with Gasteiger partial charge in [-0.1, -0.05) is 23.5 Å². The van der Waals surface area contributed by atoms with E-state index < -0.39 is 0 Å². The second-order valence-corrected chi connectivity index (χ2v) is 7.53. The van der Waals surface area contributed by atoms with E-state index >= 15 is 0 Å². The summed E-state index contributed by atoms with van der Waals surface area (Å²) in [6.07, 6.45) is 4.00. The molecule has 1 aliphatic rings. The predicted molar refractivity (Wildman–Crippen MR) is 99.8 cm³/mol. The van der Waals surface area contributed by atoms with Crippen LogP contribution < -0.4 is 5.32 Å². The number of aromatic amines is 1. The van der Waals surface area contributed by atoms with E-state index in [9.17, 15) is 4.79 Å². The fourth-order valence-corrected chi connectivity index (χ4v) is 4.28. The van der Waals surface area contributed by atoms with E-state index in [0.717, 1.165) is 41.8 Å². The molecular weight excluding hydrogens is 334 g/mol. The lowest BCUT2D eigenvalue weighted by Gasteiger charge is -2.35. The lowest BCUT2D eigenvalue weighted by molar-refractivity contribution is -0.121. The second kappa shape index (κ2) is 6.93. The van der Waals surface area contributed by atoms with Crippen molar-refractivity contribution in [3.05, 3.63) is 42.2 Å². The standard InChI is InChI=1S/C18H21N5OS/c1-12(23-10-4-5-13(11-23)14-8-9-19-22-14)17(24)21-18-20-15-6-2-3-7-16(15)25-18/h2-3,6-9,12-13H,4-5,10-11H2,1H3,(H,19,22)(H,20,21,24). The van der Waals surface area contributed by atoms with Gasteiger partial charge in [0, 0.05) is 24.4 Å². The normalized spacial score (nSPS) is 19.8. The molecule has 0 radical (unpaired) electrons. The van der Waals surface area contributed by atoms with Gasteiger partial charge in [-0.15, -0.1) is 0 Å². The number of hydrogen-bond donors (Lipinski definition) is 2. The Labute approximate surface area is 150 Å². The van der Waals surface area contributed by atoms with E-state index in [0.29, 0.717) is 11.0 Å². The summed E-state index contributed by atoms with van der Waals surface area (Å²) >= 11 is 1.51. The van der Waals surface area contributed by atoms with Crippen molar-refractivity contribution in [3.8, 4) is 0 Å². The fraction of sp³-hybridized carbons (Fsp3) is 0.389. The topological polar surface area (TPSA) is 73.9 Å². The quantitative estimate of drug-likeness (QED) is 0.753. The summed E-state index contributed by atoms with van der Waals surface area (Å²) in [5.74, 6) is 0.415. The van der Waals surface area contributed by atoms with Crippen molar-refractivity contribution in [2.24, 2.45) is 0 Å². The number of anilines is 1. The minimum Gasteiger partial charge on any atom is -0.301 e. The number of carbonyl (C=O) groups excluding carboxylic acids is 1. The number of H-pyrrole nitrogens is 1. The van der Waals surface area contributed by atoms with Gasteiger partial charge < -0.3 is 5.32 Å². The molecule has 0 bridgehead atoms. The number of piperidine rings is 1. The Balaban J connectivity index is 1.42. The molecule has 0 aliphatic carbocycles. The third-order valence-corrected chi connectivity index (χ3v) is 5.82. The van der Waals surface area contributed by atoms with Crippen LogP contribution in [0.5, 0.6) is 0 Å². The summed E-state index contributed by atoms with van der Waals surface area (Å²) in [5, 5.41) is 10.8. The Kier molecular flexibility index (Phi) is 4.50. The molecule has 4 rings (SSSR count). The molecule has 1 aromatic carbocycles. The van der Waals surface area contributed by atoms with Gasteiger partial charge in [-0.05, 0) is 44.5 Å². The third kappa shape index (κ3) is 3.43. The lowest BCUT2D eigenvalue weighted by atomic mass is 9.94. The van der Waals surface area contributed by atoms with Gasteiger partial charge in [0.1, 0.15) is 0 Å². The van der Waals surface area contributed by atoms with E-state index in [4.69, 9.17) is 0 Å². The van der Waals surface area contributed by atoms with Gasteiger partial charge in [0.15, 0.2) is 5.13 Å². The molecule has 1 saturated heterocycles. The average molecular weight is 355 g/mol. The first-order chi connectivity index (χ1) is 12.2. The molecule has 3 aromatic rings. The zero-order valence-corrected chi connectivity index (χ0v) is 14.9. The van der Waals surface area contributed by atoms with Crippen molar-refractivity contribution in [2.75, 3.05) is 18.4 Å². The van der Waals surface area contributed by atoms with E-state index in [2.05, 4.69) is 25.4 Å². The predicted octanol–water partition coefficient (Wildman–Crippen LogP) is 3.23. The van der Waals surface area contributed by atoms with Gasteiger partial charge in [-0.3, -0.25) is 14.8 Å². The van der Waals surface area contributed by atoms with Crippen LogP contribution in [0.1, 0.15) is 31.4 Å². The molecule has 25 heavy (non-hydrogen) atoms. The summed E-state index contributed by atoms with van der Waals surface area (Å²) < 4.78 is 1.09. The summed E-state index contributed by atoms with van der Waals surface area (Å²) in [6.45, 7) is 3.79. The number of nitrogens with zero attached hydrogens (tertiary/aromatic N) is 3. The van der Waals surface area contributed by atoms with Crippen LogP contribution in [0.2, 0.25) is 0 Å². The summed E-state index contributed by atoms with van der Waals surface area (Å²) in [7, 11) is 0. The van der Waals surface area contributed by atoms with Crippen molar-refractivity contribution in [2.45, 2.75) is 31.7 Å². The molecule has 2 aromatic heterocycles. The number of aromatic nitrogens is 3. The third-order valence-electron chi connectivity index (χ3n) is 4.87. The summed E-state index contributed by atoms with van der Waals surface area (Å²) in [6, 6.07) is 9.77. The number of carbonyl (C=O) groups is 1. The Hall–Kier alpha value is -2.25. The Morgan fingerprint density at radius 1 is 1.40 bits per heavy atom. The minimum absolute atomic E-state index is 0.00400. The number of likely N-dealkylation sites (tertiary alicyclic amines) is 1. The minimum atomic E-state index is -0.183. The molecule has 2 unspecified atom stereocenters. The van der Waals surface area contributed by atoms with Crippen LogP contribution in [-0.4, -0.2) is 45.1 Å². The maximum absolute atomic E-state index is 12.7. The smallest absolute Gasteiger partial charge is 0.243 e. The van der Waals surface area contributed by atoms with E-state index in [1.807, 2.05) is 37.3 Å². The number of fused-ring (bicyclic) bond motifs is 1. The van der Waals surface area contributed by atoms with Crippen LogP contribution in [0, 0.1) is 0 Å². The van der Waals surface area contributed by atoms with E-state index in [1.54, 1.807) is 6.20 Å². The van der Waals surface area contributed by atoms with Crippen molar-refractivity contribution in [1.82, 2.24) is 20.1 Å². The van der Waals surface area contributed by atoms with Crippen LogP contribution in [0.4, 0.5) is 5.13 Å². The first kappa shape index (κ1) is 16.2. The highest BCUT2D eigenvalue weighted by Crippen LogP contribution is 2.28. The van der Waals surface area contributed by atoms with E-state index in [-0.39, 0.29) is 11.9 Å². The maximum atomic E-state index is 12.7. The van der Waals surface area contributed by atoms with Crippen molar-refractivity contribution < 1.29 is 4.79 Å². The molecule has 1 amide bonds. The van der Waals surface area contributed by atoms with E-state index in [1.165, 1.54) is 11.3 Å². The number of para-hydroxylation sites is 1. The van der Waals surface area contributed by atoms with Crippen LogP contribution in [0.15, 0.2) is 36.5 Å². The summed E-state index contributed by atoms with van der Waals surface area (Å²) in [4.78, 5) is 19.4. The van der Waals surface area contributed by atoms with Crippen LogP contribution in [0.3, 0.4) is 0 Å². The molecule has 1 aliphatic heterocycles. The maximum Gasteiger partial charge on any atom is 0.243 e. The molecule has 6 nitrogen and oxygen atoms in total. The number of amides is 1. The largest absolute Gasteiger partial charge is 0.301 e. The van der Waals surface area contributed by atoms with Gasteiger partial charge in [-0.25, -0.2) is 4.98 Å². The monoisotopic (exact) mass is 355 g/mol.